The molecule has 2 rings (SSSR count). The first-order valence-corrected chi connectivity index (χ1v) is 20.1. The predicted octanol–water partition coefficient (Wildman–Crippen LogP) is 7.95. The van der Waals surface area contributed by atoms with Crippen LogP contribution in [0.3, 0.4) is 0 Å². The van der Waals surface area contributed by atoms with E-state index in [0.29, 0.717) is 59.3 Å². The van der Waals surface area contributed by atoms with Crippen molar-refractivity contribution in [2.75, 3.05) is 60.0 Å². The zero-order valence-corrected chi connectivity index (χ0v) is 31.9. The molecule has 0 aromatic carbocycles. The van der Waals surface area contributed by atoms with Crippen molar-refractivity contribution >= 4 is 11.8 Å². The van der Waals surface area contributed by atoms with Crippen LogP contribution >= 0.6 is 11.8 Å². The number of hydrogen-bond acceptors (Lipinski definition) is 10. The molecule has 0 radical (unpaired) electrons. The van der Waals surface area contributed by atoms with E-state index >= 15 is 0 Å². The van der Waals surface area contributed by atoms with Crippen molar-refractivity contribution in [2.45, 2.75) is 179 Å². The monoisotopic (exact) mass is 692 g/mol. The summed E-state index contributed by atoms with van der Waals surface area (Å²) >= 11 is 1.78. The third-order valence-electron chi connectivity index (χ3n) is 8.72. The van der Waals surface area contributed by atoms with Gasteiger partial charge < -0.3 is 42.6 Å². The van der Waals surface area contributed by atoms with Crippen molar-refractivity contribution < 1.29 is 42.6 Å². The summed E-state index contributed by atoms with van der Waals surface area (Å²) in [4.78, 5) is 0. The van der Waals surface area contributed by atoms with Crippen molar-refractivity contribution in [2.24, 2.45) is 0 Å². The molecule has 10 heteroatoms. The van der Waals surface area contributed by atoms with E-state index in [-0.39, 0.29) is 47.3 Å². The Morgan fingerprint density at radius 1 is 0.532 bits per heavy atom. The quantitative estimate of drug-likeness (QED) is 0.0721. The minimum atomic E-state index is -0.538. The number of rotatable bonds is 29. The minimum absolute atomic E-state index is 0.0871. The van der Waals surface area contributed by atoms with E-state index in [1.807, 2.05) is 0 Å². The summed E-state index contributed by atoms with van der Waals surface area (Å²) in [5, 5.41) is -0.0907. The standard InChI is InChI=1S/C37H72O9S/c1-8-14-20-39-27-30-33(42-23-17-11-4)29(41-22-16-10-3)26-32(45-30)47-36-31(28-40-21-15-9-2)46-37(38-7)35(44-25-19-13-6)34(36)43-24-18-12-5/h29-37H,8-28H2,1-7H3/t29?,30?,31?,32-,33-,34?,35?,36-,37-/m0/s1. The summed E-state index contributed by atoms with van der Waals surface area (Å²) < 4.78 is 58.2. The second-order valence-electron chi connectivity index (χ2n) is 12.9. The lowest BCUT2D eigenvalue weighted by Gasteiger charge is -2.48. The van der Waals surface area contributed by atoms with E-state index in [1.54, 1.807) is 18.9 Å². The summed E-state index contributed by atoms with van der Waals surface area (Å²) in [5.74, 6) is 0. The van der Waals surface area contributed by atoms with Gasteiger partial charge in [-0.15, -0.1) is 11.8 Å². The number of hydrogen-bond donors (Lipinski definition) is 0. The second-order valence-corrected chi connectivity index (χ2v) is 14.2. The molecule has 47 heavy (non-hydrogen) atoms. The van der Waals surface area contributed by atoms with Crippen molar-refractivity contribution in [3.63, 3.8) is 0 Å². The number of methoxy groups -OCH3 is 1. The molecular weight excluding hydrogens is 620 g/mol. The predicted molar refractivity (Wildman–Crippen MR) is 190 cm³/mol. The van der Waals surface area contributed by atoms with Gasteiger partial charge in [-0.2, -0.15) is 0 Å². The molecule has 2 aliphatic rings. The normalized spacial score (nSPS) is 29.8. The lowest BCUT2D eigenvalue weighted by atomic mass is 10.0. The smallest absolute Gasteiger partial charge is 0.186 e. The maximum Gasteiger partial charge on any atom is 0.186 e. The largest absolute Gasteiger partial charge is 0.379 e. The van der Waals surface area contributed by atoms with E-state index in [0.717, 1.165) is 77.0 Å². The van der Waals surface area contributed by atoms with Crippen LogP contribution in [-0.2, 0) is 42.6 Å². The summed E-state index contributed by atoms with van der Waals surface area (Å²) in [5.41, 5.74) is -0.160. The Morgan fingerprint density at radius 2 is 1.00 bits per heavy atom. The van der Waals surface area contributed by atoms with Crippen LogP contribution < -0.4 is 0 Å². The highest BCUT2D eigenvalue weighted by Gasteiger charge is 2.50. The molecule has 0 saturated carbocycles. The Labute approximate surface area is 292 Å². The van der Waals surface area contributed by atoms with Crippen molar-refractivity contribution in [1.29, 1.82) is 0 Å². The third kappa shape index (κ3) is 16.3. The van der Waals surface area contributed by atoms with Gasteiger partial charge in [0.15, 0.2) is 6.29 Å². The molecule has 9 atom stereocenters. The molecule has 9 nitrogen and oxygen atoms in total. The van der Waals surface area contributed by atoms with Crippen LogP contribution in [0.25, 0.3) is 0 Å². The van der Waals surface area contributed by atoms with Gasteiger partial charge in [-0.25, -0.2) is 0 Å². The maximum atomic E-state index is 6.91. The Hall–Kier alpha value is -0.0100. The average molecular weight is 693 g/mol. The molecule has 0 aliphatic carbocycles. The van der Waals surface area contributed by atoms with Crippen LogP contribution in [-0.4, -0.2) is 114 Å². The van der Waals surface area contributed by atoms with Crippen LogP contribution in [0.15, 0.2) is 0 Å². The van der Waals surface area contributed by atoms with Gasteiger partial charge in [0.05, 0.1) is 30.7 Å². The van der Waals surface area contributed by atoms with Crippen LogP contribution in [0.2, 0.25) is 0 Å². The summed E-state index contributed by atoms with van der Waals surface area (Å²) in [6.45, 7) is 18.2. The Bertz CT molecular complexity index is 719. The van der Waals surface area contributed by atoms with Gasteiger partial charge in [-0.1, -0.05) is 80.1 Å². The van der Waals surface area contributed by atoms with Gasteiger partial charge in [-0.3, -0.25) is 0 Å². The minimum Gasteiger partial charge on any atom is -0.379 e. The van der Waals surface area contributed by atoms with Crippen LogP contribution in [0.4, 0.5) is 0 Å². The van der Waals surface area contributed by atoms with Gasteiger partial charge >= 0.3 is 0 Å². The van der Waals surface area contributed by atoms with Crippen molar-refractivity contribution in [3.05, 3.63) is 0 Å². The van der Waals surface area contributed by atoms with Crippen LogP contribution in [0.5, 0.6) is 0 Å². The highest BCUT2D eigenvalue weighted by atomic mass is 32.2. The Kier molecular flexibility index (Phi) is 25.4. The number of unbranched alkanes of at least 4 members (excludes halogenated alkanes) is 6. The zero-order valence-electron chi connectivity index (χ0n) is 31.1. The molecule has 2 fully saturated rings. The molecule has 280 valence electrons. The highest BCUT2D eigenvalue weighted by molar-refractivity contribution is 8.00. The Morgan fingerprint density at radius 3 is 1.53 bits per heavy atom. The summed E-state index contributed by atoms with van der Waals surface area (Å²) in [6, 6.07) is 0. The fraction of sp³-hybridized carbons (Fsp3) is 1.00. The first kappa shape index (κ1) is 43.2. The van der Waals surface area contributed by atoms with Crippen molar-refractivity contribution in [3.8, 4) is 0 Å². The van der Waals surface area contributed by atoms with Gasteiger partial charge in [0.25, 0.3) is 0 Å². The first-order chi connectivity index (χ1) is 23.1. The van der Waals surface area contributed by atoms with Gasteiger partial charge in [0.1, 0.15) is 29.9 Å². The van der Waals surface area contributed by atoms with E-state index in [2.05, 4.69) is 41.5 Å². The fourth-order valence-corrected chi connectivity index (χ4v) is 7.32. The first-order valence-electron chi connectivity index (χ1n) is 19.2. The third-order valence-corrected chi connectivity index (χ3v) is 10.2. The molecule has 0 bridgehead atoms. The van der Waals surface area contributed by atoms with E-state index in [9.17, 15) is 0 Å². The molecule has 0 aromatic heterocycles. The van der Waals surface area contributed by atoms with Gasteiger partial charge in [-0.05, 0) is 38.5 Å². The molecule has 5 unspecified atom stereocenters. The van der Waals surface area contributed by atoms with Gasteiger partial charge in [0.2, 0.25) is 0 Å². The lowest BCUT2D eigenvalue weighted by molar-refractivity contribution is -0.279. The average Bonchev–Trinajstić information content (AvgIpc) is 3.08. The molecule has 2 saturated heterocycles. The summed E-state index contributed by atoms with van der Waals surface area (Å²) in [7, 11) is 1.69. The molecule has 0 N–H and O–H groups in total. The SMILES string of the molecule is CCCCOCC1O[C@@H](S[C@H]2C(COCCCC)O[C@H](OC)C(OCCCC)C2OCCCC)CC(OCCCC)[C@@H]1OCCCC. The van der Waals surface area contributed by atoms with Crippen LogP contribution in [0.1, 0.15) is 125 Å². The van der Waals surface area contributed by atoms with E-state index in [1.165, 1.54) is 0 Å². The van der Waals surface area contributed by atoms with Crippen molar-refractivity contribution in [1.82, 2.24) is 0 Å². The number of ether oxygens (including phenoxy) is 9. The molecule has 0 spiro atoms. The Balaban J connectivity index is 2.39. The van der Waals surface area contributed by atoms with E-state index in [4.69, 9.17) is 42.6 Å². The zero-order chi connectivity index (χ0) is 34.1. The lowest BCUT2D eigenvalue weighted by Crippen LogP contribution is -2.61. The van der Waals surface area contributed by atoms with Crippen LogP contribution in [0, 0.1) is 0 Å². The number of thioether (sulfide) groups is 1. The topological polar surface area (TPSA) is 83.1 Å². The van der Waals surface area contributed by atoms with Gasteiger partial charge in [0, 0.05) is 53.2 Å². The van der Waals surface area contributed by atoms with E-state index < -0.39 is 6.29 Å². The molecule has 0 amide bonds. The second kappa shape index (κ2) is 27.7. The summed E-state index contributed by atoms with van der Waals surface area (Å²) in [6.07, 6.45) is 11.3. The molecule has 2 aliphatic heterocycles. The fourth-order valence-electron chi connectivity index (χ4n) is 5.76. The molecule has 0 aromatic rings. The highest BCUT2D eigenvalue weighted by Crippen LogP contribution is 2.41. The molecule has 2 heterocycles. The molecular formula is C37H72O9S. The maximum absolute atomic E-state index is 6.91.